The molecule has 0 amide bonds. The molecule has 0 spiro atoms. The van der Waals surface area contributed by atoms with E-state index >= 15 is 0 Å². The summed E-state index contributed by atoms with van der Waals surface area (Å²) in [7, 11) is 0. The fraction of sp³-hybridized carbons (Fsp3) is 0.846. The van der Waals surface area contributed by atoms with Gasteiger partial charge in [-0.05, 0) is 43.6 Å². The van der Waals surface area contributed by atoms with E-state index in [9.17, 15) is 0 Å². The van der Waals surface area contributed by atoms with Crippen LogP contribution in [0.2, 0.25) is 0 Å². The van der Waals surface area contributed by atoms with Crippen LogP contribution >= 0.6 is 0 Å². The minimum Gasteiger partial charge on any atom is -0.338 e. The fourth-order valence-electron chi connectivity index (χ4n) is 3.66. The van der Waals surface area contributed by atoms with E-state index in [0.717, 1.165) is 36.0 Å². The van der Waals surface area contributed by atoms with Crippen LogP contribution in [0.5, 0.6) is 0 Å². The molecule has 0 bridgehead atoms. The Hall–Kier alpha value is -0.900. The van der Waals surface area contributed by atoms with Crippen molar-refractivity contribution < 1.29 is 4.52 Å². The predicted molar refractivity (Wildman–Crippen MR) is 62.4 cm³/mol. The third-order valence-electron chi connectivity index (χ3n) is 4.91. The molecule has 1 aliphatic heterocycles. The first-order valence-corrected chi connectivity index (χ1v) is 6.90. The van der Waals surface area contributed by atoms with Crippen molar-refractivity contribution in [2.75, 3.05) is 6.54 Å². The summed E-state index contributed by atoms with van der Waals surface area (Å²) in [6, 6.07) is 0.331. The minimum atomic E-state index is 0.331. The number of rotatable bonds is 2. The van der Waals surface area contributed by atoms with E-state index in [0.29, 0.717) is 12.0 Å². The zero-order chi connectivity index (χ0) is 11.4. The van der Waals surface area contributed by atoms with Gasteiger partial charge in [-0.25, -0.2) is 0 Å². The van der Waals surface area contributed by atoms with Crippen LogP contribution in [0.15, 0.2) is 4.52 Å². The standard InChI is InChI=1S/C13H19N3O/c1-7-5-10(7)12-15-13(17-16-12)11-9-4-2-3-8(9)6-14-11/h7-11,14H,2-6H2,1H3. The molecule has 2 aliphatic carbocycles. The summed E-state index contributed by atoms with van der Waals surface area (Å²) in [5.41, 5.74) is 0. The zero-order valence-electron chi connectivity index (χ0n) is 10.2. The van der Waals surface area contributed by atoms with E-state index in [1.165, 1.54) is 25.7 Å². The molecule has 1 saturated heterocycles. The van der Waals surface area contributed by atoms with Gasteiger partial charge in [-0.15, -0.1) is 0 Å². The molecule has 1 aromatic rings. The maximum atomic E-state index is 5.48. The average Bonchev–Trinajstić information content (AvgIpc) is 2.81. The highest BCUT2D eigenvalue weighted by atomic mass is 16.5. The number of hydrogen-bond acceptors (Lipinski definition) is 4. The van der Waals surface area contributed by atoms with Gasteiger partial charge in [0.05, 0.1) is 6.04 Å². The van der Waals surface area contributed by atoms with Gasteiger partial charge in [-0.3, -0.25) is 0 Å². The molecule has 3 aliphatic rings. The number of hydrogen-bond donors (Lipinski definition) is 1. The van der Waals surface area contributed by atoms with Crippen LogP contribution < -0.4 is 5.32 Å². The maximum Gasteiger partial charge on any atom is 0.244 e. The molecule has 4 rings (SSSR count). The van der Waals surface area contributed by atoms with E-state index < -0.39 is 0 Å². The molecule has 2 saturated carbocycles. The van der Waals surface area contributed by atoms with Gasteiger partial charge in [0.1, 0.15) is 0 Å². The topological polar surface area (TPSA) is 51.0 Å². The predicted octanol–water partition coefficient (Wildman–Crippen LogP) is 2.25. The summed E-state index contributed by atoms with van der Waals surface area (Å²) in [4.78, 5) is 4.62. The van der Waals surface area contributed by atoms with Crippen LogP contribution in [0.3, 0.4) is 0 Å². The normalized spacial score (nSPS) is 43.9. The Kier molecular flexibility index (Phi) is 2.10. The van der Waals surface area contributed by atoms with Crippen molar-refractivity contribution in [1.82, 2.24) is 15.5 Å². The molecule has 1 N–H and O–H groups in total. The van der Waals surface area contributed by atoms with Gasteiger partial charge in [0.2, 0.25) is 5.89 Å². The van der Waals surface area contributed by atoms with Crippen molar-refractivity contribution in [3.05, 3.63) is 11.7 Å². The molecule has 2 heterocycles. The first-order chi connectivity index (χ1) is 8.33. The third-order valence-corrected chi connectivity index (χ3v) is 4.91. The van der Waals surface area contributed by atoms with Crippen LogP contribution in [0.1, 0.15) is 56.3 Å². The number of fused-ring (bicyclic) bond motifs is 1. The largest absolute Gasteiger partial charge is 0.338 e. The van der Waals surface area contributed by atoms with Gasteiger partial charge in [-0.1, -0.05) is 18.5 Å². The van der Waals surface area contributed by atoms with Gasteiger partial charge in [0.25, 0.3) is 0 Å². The third kappa shape index (κ3) is 1.53. The van der Waals surface area contributed by atoms with Crippen molar-refractivity contribution in [2.24, 2.45) is 17.8 Å². The molecule has 4 heteroatoms. The van der Waals surface area contributed by atoms with Crippen LogP contribution in [0.4, 0.5) is 0 Å². The Morgan fingerprint density at radius 3 is 3.06 bits per heavy atom. The summed E-state index contributed by atoms with van der Waals surface area (Å²) in [5, 5.41) is 7.72. The average molecular weight is 233 g/mol. The lowest BCUT2D eigenvalue weighted by Gasteiger charge is -2.13. The molecule has 4 nitrogen and oxygen atoms in total. The Labute approximate surface area is 101 Å². The first-order valence-electron chi connectivity index (χ1n) is 6.90. The fourth-order valence-corrected chi connectivity index (χ4v) is 3.66. The summed E-state index contributed by atoms with van der Waals surface area (Å²) in [6.07, 6.45) is 5.28. The molecule has 5 atom stereocenters. The van der Waals surface area contributed by atoms with Gasteiger partial charge in [0.15, 0.2) is 5.82 Å². The Bertz CT molecular complexity index is 430. The zero-order valence-corrected chi connectivity index (χ0v) is 10.2. The Morgan fingerprint density at radius 2 is 2.24 bits per heavy atom. The molecular weight excluding hydrogens is 214 g/mol. The van der Waals surface area contributed by atoms with Gasteiger partial charge >= 0.3 is 0 Å². The van der Waals surface area contributed by atoms with E-state index in [4.69, 9.17) is 4.52 Å². The number of nitrogens with zero attached hydrogens (tertiary/aromatic N) is 2. The lowest BCUT2D eigenvalue weighted by molar-refractivity contribution is 0.300. The first kappa shape index (κ1) is 10.1. The van der Waals surface area contributed by atoms with Crippen molar-refractivity contribution in [2.45, 2.75) is 44.6 Å². The van der Waals surface area contributed by atoms with Crippen LogP contribution in [-0.2, 0) is 0 Å². The monoisotopic (exact) mass is 233 g/mol. The lowest BCUT2D eigenvalue weighted by Crippen LogP contribution is -2.18. The maximum absolute atomic E-state index is 5.48. The molecule has 0 radical (unpaired) electrons. The van der Waals surface area contributed by atoms with Crippen molar-refractivity contribution in [3.8, 4) is 0 Å². The van der Waals surface area contributed by atoms with E-state index in [1.807, 2.05) is 0 Å². The minimum absolute atomic E-state index is 0.331. The number of nitrogens with one attached hydrogen (secondary N) is 1. The van der Waals surface area contributed by atoms with Gasteiger partial charge in [0, 0.05) is 5.92 Å². The highest BCUT2D eigenvalue weighted by Crippen LogP contribution is 2.47. The lowest BCUT2D eigenvalue weighted by atomic mass is 9.94. The molecule has 0 aromatic carbocycles. The van der Waals surface area contributed by atoms with Crippen LogP contribution in [0, 0.1) is 17.8 Å². The van der Waals surface area contributed by atoms with E-state index in [2.05, 4.69) is 22.4 Å². The molecule has 17 heavy (non-hydrogen) atoms. The quantitative estimate of drug-likeness (QED) is 0.851. The summed E-state index contributed by atoms with van der Waals surface area (Å²) < 4.78 is 5.48. The van der Waals surface area contributed by atoms with E-state index in [-0.39, 0.29) is 0 Å². The second kappa shape index (κ2) is 3.55. The van der Waals surface area contributed by atoms with Crippen LogP contribution in [0.25, 0.3) is 0 Å². The number of aromatic nitrogens is 2. The van der Waals surface area contributed by atoms with Crippen LogP contribution in [-0.4, -0.2) is 16.7 Å². The Morgan fingerprint density at radius 1 is 1.35 bits per heavy atom. The SMILES string of the molecule is CC1CC1c1noc(C2NCC3CCCC32)n1. The second-order valence-corrected chi connectivity index (χ2v) is 6.05. The summed E-state index contributed by atoms with van der Waals surface area (Å²) >= 11 is 0. The molecule has 1 aromatic heterocycles. The Balaban J connectivity index is 1.56. The summed E-state index contributed by atoms with van der Waals surface area (Å²) in [6.45, 7) is 3.38. The van der Waals surface area contributed by atoms with Crippen molar-refractivity contribution >= 4 is 0 Å². The molecule has 3 fully saturated rings. The van der Waals surface area contributed by atoms with Gasteiger partial charge < -0.3 is 9.84 Å². The molecule has 92 valence electrons. The molecule has 5 unspecified atom stereocenters. The molecular formula is C13H19N3O. The second-order valence-electron chi connectivity index (χ2n) is 6.05. The van der Waals surface area contributed by atoms with E-state index in [1.54, 1.807) is 0 Å². The van der Waals surface area contributed by atoms with Gasteiger partial charge in [-0.2, -0.15) is 4.98 Å². The van der Waals surface area contributed by atoms with Crippen molar-refractivity contribution in [3.63, 3.8) is 0 Å². The van der Waals surface area contributed by atoms with Crippen molar-refractivity contribution in [1.29, 1.82) is 0 Å². The highest BCUT2D eigenvalue weighted by Gasteiger charge is 2.44. The highest BCUT2D eigenvalue weighted by molar-refractivity contribution is 5.10. The smallest absolute Gasteiger partial charge is 0.244 e. The summed E-state index contributed by atoms with van der Waals surface area (Å²) in [5.74, 6) is 4.67.